The molecule has 1 N–H and O–H groups in total. The molecule has 1 fully saturated rings. The zero-order valence-electron chi connectivity index (χ0n) is 17.1. The first-order valence-corrected chi connectivity index (χ1v) is 12.2. The van der Waals surface area contributed by atoms with Gasteiger partial charge in [0.25, 0.3) is 5.91 Å². The monoisotopic (exact) mass is 566 g/mol. The smallest absolute Gasteiger partial charge is 0.266 e. The number of amides is 2. The summed E-state index contributed by atoms with van der Waals surface area (Å²) < 4.78 is 6.87. The first-order valence-electron chi connectivity index (χ1n) is 9.91. The first-order chi connectivity index (χ1) is 15.0. The second-order valence-corrected chi connectivity index (χ2v) is 9.89. The summed E-state index contributed by atoms with van der Waals surface area (Å²) in [6.07, 6.45) is 4.75. The van der Waals surface area contributed by atoms with Crippen molar-refractivity contribution >= 4 is 74.5 Å². The molecule has 2 amide bonds. The zero-order chi connectivity index (χ0) is 22.2. The van der Waals surface area contributed by atoms with Gasteiger partial charge in [0.05, 0.1) is 12.0 Å². The highest BCUT2D eigenvalue weighted by Gasteiger charge is 2.31. The van der Waals surface area contributed by atoms with Gasteiger partial charge in [-0.05, 0) is 83.5 Å². The molecule has 0 spiro atoms. The van der Waals surface area contributed by atoms with Gasteiger partial charge < -0.3 is 10.1 Å². The van der Waals surface area contributed by atoms with Crippen LogP contribution in [0.25, 0.3) is 6.08 Å². The van der Waals surface area contributed by atoms with Crippen molar-refractivity contribution in [3.63, 3.8) is 0 Å². The molecule has 0 atom stereocenters. The van der Waals surface area contributed by atoms with E-state index < -0.39 is 0 Å². The van der Waals surface area contributed by atoms with Gasteiger partial charge >= 0.3 is 0 Å². The van der Waals surface area contributed by atoms with E-state index in [4.69, 9.17) is 17.0 Å². The molecule has 0 bridgehead atoms. The molecule has 0 radical (unpaired) electrons. The van der Waals surface area contributed by atoms with Crippen LogP contribution in [0.5, 0.6) is 5.75 Å². The Morgan fingerprint density at radius 2 is 1.84 bits per heavy atom. The number of carbonyl (C=O) groups excluding carboxylic acids is 2. The number of anilines is 1. The molecule has 1 aliphatic rings. The molecule has 0 saturated carbocycles. The van der Waals surface area contributed by atoms with Crippen molar-refractivity contribution in [2.45, 2.75) is 25.7 Å². The molecule has 0 unspecified atom stereocenters. The molecule has 31 heavy (non-hydrogen) atoms. The molecular formula is C23H23IN2O3S2. The molecule has 3 rings (SSSR count). The van der Waals surface area contributed by atoms with Crippen LogP contribution in [-0.4, -0.2) is 34.7 Å². The van der Waals surface area contributed by atoms with Crippen LogP contribution in [0.4, 0.5) is 5.69 Å². The third-order valence-electron chi connectivity index (χ3n) is 4.70. The standard InChI is InChI=1S/C23H23IN2O3S2/c1-29-19-12-6-16(7-13-19)15-20-22(28)26(23(30)31-20)14-4-2-3-5-21(27)25-18-10-8-17(24)9-11-18/h6-13,15H,2-5,14H2,1H3,(H,25,27). The minimum atomic E-state index is -0.0535. The van der Waals surface area contributed by atoms with E-state index in [1.54, 1.807) is 12.0 Å². The summed E-state index contributed by atoms with van der Waals surface area (Å²) in [5.41, 5.74) is 1.74. The summed E-state index contributed by atoms with van der Waals surface area (Å²) in [5, 5.41) is 2.91. The van der Waals surface area contributed by atoms with E-state index in [0.717, 1.165) is 39.8 Å². The number of thioether (sulfide) groups is 1. The van der Waals surface area contributed by atoms with Crippen LogP contribution in [0, 0.1) is 3.57 Å². The molecular weight excluding hydrogens is 543 g/mol. The van der Waals surface area contributed by atoms with Crippen molar-refractivity contribution in [1.82, 2.24) is 4.90 Å². The Labute approximate surface area is 205 Å². The fourth-order valence-electron chi connectivity index (χ4n) is 3.03. The number of unbranched alkanes of at least 4 members (excludes halogenated alkanes) is 2. The molecule has 0 aliphatic carbocycles. The molecule has 1 aliphatic heterocycles. The summed E-state index contributed by atoms with van der Waals surface area (Å²) in [4.78, 5) is 27.0. The molecule has 162 valence electrons. The number of rotatable bonds is 9. The average molecular weight is 566 g/mol. The van der Waals surface area contributed by atoms with E-state index in [2.05, 4.69) is 27.9 Å². The lowest BCUT2D eigenvalue weighted by molar-refractivity contribution is -0.122. The molecule has 2 aromatic carbocycles. The van der Waals surface area contributed by atoms with Gasteiger partial charge in [-0.15, -0.1) is 0 Å². The van der Waals surface area contributed by atoms with Gasteiger partial charge in [-0.25, -0.2) is 0 Å². The number of benzene rings is 2. The van der Waals surface area contributed by atoms with Crippen LogP contribution in [0.3, 0.4) is 0 Å². The predicted molar refractivity (Wildman–Crippen MR) is 139 cm³/mol. The summed E-state index contributed by atoms with van der Waals surface area (Å²) in [7, 11) is 1.62. The summed E-state index contributed by atoms with van der Waals surface area (Å²) in [5.74, 6) is 0.730. The molecule has 8 heteroatoms. The quantitative estimate of drug-likeness (QED) is 0.183. The van der Waals surface area contributed by atoms with Crippen molar-refractivity contribution in [3.05, 3.63) is 62.6 Å². The fourth-order valence-corrected chi connectivity index (χ4v) is 4.70. The Morgan fingerprint density at radius 1 is 1.13 bits per heavy atom. The highest BCUT2D eigenvalue weighted by molar-refractivity contribution is 14.1. The van der Waals surface area contributed by atoms with Crippen molar-refractivity contribution < 1.29 is 14.3 Å². The Morgan fingerprint density at radius 3 is 2.52 bits per heavy atom. The SMILES string of the molecule is COc1ccc(C=C2SC(=S)N(CCCCCC(=O)Nc3ccc(I)cc3)C2=O)cc1. The Hall–Kier alpha value is -1.91. The van der Waals surface area contributed by atoms with E-state index in [1.807, 2.05) is 54.6 Å². The van der Waals surface area contributed by atoms with E-state index in [9.17, 15) is 9.59 Å². The summed E-state index contributed by atoms with van der Waals surface area (Å²) >= 11 is 8.96. The lowest BCUT2D eigenvalue weighted by Gasteiger charge is -2.14. The van der Waals surface area contributed by atoms with Crippen molar-refractivity contribution in [2.75, 3.05) is 19.0 Å². The normalized spacial score (nSPS) is 14.9. The van der Waals surface area contributed by atoms with Crippen LogP contribution < -0.4 is 10.1 Å². The average Bonchev–Trinajstić information content (AvgIpc) is 3.03. The third kappa shape index (κ3) is 7.05. The van der Waals surface area contributed by atoms with Gasteiger partial charge in [-0.2, -0.15) is 0 Å². The van der Waals surface area contributed by atoms with Gasteiger partial charge in [-0.1, -0.05) is 42.5 Å². The summed E-state index contributed by atoms with van der Waals surface area (Å²) in [6, 6.07) is 15.3. The van der Waals surface area contributed by atoms with Crippen LogP contribution in [0.1, 0.15) is 31.2 Å². The second-order valence-electron chi connectivity index (χ2n) is 6.97. The van der Waals surface area contributed by atoms with E-state index in [0.29, 0.717) is 22.2 Å². The number of hydrogen-bond donors (Lipinski definition) is 1. The lowest BCUT2D eigenvalue weighted by atomic mass is 10.1. The number of nitrogens with one attached hydrogen (secondary N) is 1. The van der Waals surface area contributed by atoms with Gasteiger partial charge in [0.1, 0.15) is 10.1 Å². The first kappa shape index (κ1) is 23.7. The fraction of sp³-hybridized carbons (Fsp3) is 0.261. The number of ether oxygens (including phenoxy) is 1. The molecule has 5 nitrogen and oxygen atoms in total. The van der Waals surface area contributed by atoms with E-state index in [-0.39, 0.29) is 11.8 Å². The Balaban J connectivity index is 1.41. The Kier molecular flexibility index (Phi) is 8.91. The van der Waals surface area contributed by atoms with Crippen molar-refractivity contribution in [3.8, 4) is 5.75 Å². The van der Waals surface area contributed by atoms with Gasteiger partial charge in [0, 0.05) is 22.2 Å². The zero-order valence-corrected chi connectivity index (χ0v) is 20.9. The highest BCUT2D eigenvalue weighted by Crippen LogP contribution is 2.33. The van der Waals surface area contributed by atoms with Crippen molar-refractivity contribution in [2.24, 2.45) is 0 Å². The van der Waals surface area contributed by atoms with Gasteiger partial charge in [-0.3, -0.25) is 14.5 Å². The number of halogens is 1. The van der Waals surface area contributed by atoms with Crippen LogP contribution in [0.2, 0.25) is 0 Å². The van der Waals surface area contributed by atoms with Crippen LogP contribution in [0.15, 0.2) is 53.4 Å². The topological polar surface area (TPSA) is 58.6 Å². The third-order valence-corrected chi connectivity index (χ3v) is 6.80. The highest BCUT2D eigenvalue weighted by atomic mass is 127. The van der Waals surface area contributed by atoms with Gasteiger partial charge in [0.2, 0.25) is 5.91 Å². The maximum Gasteiger partial charge on any atom is 0.266 e. The minimum Gasteiger partial charge on any atom is -0.497 e. The Bertz CT molecular complexity index is 975. The van der Waals surface area contributed by atoms with Gasteiger partial charge in [0.15, 0.2) is 0 Å². The number of hydrogen-bond acceptors (Lipinski definition) is 5. The predicted octanol–water partition coefficient (Wildman–Crippen LogP) is 5.70. The number of carbonyl (C=O) groups is 2. The second kappa shape index (κ2) is 11.6. The van der Waals surface area contributed by atoms with E-state index >= 15 is 0 Å². The van der Waals surface area contributed by atoms with Crippen LogP contribution in [-0.2, 0) is 9.59 Å². The molecule has 2 aromatic rings. The number of thiocarbonyl (C=S) groups is 1. The lowest BCUT2D eigenvalue weighted by Crippen LogP contribution is -2.29. The van der Waals surface area contributed by atoms with Crippen molar-refractivity contribution in [1.29, 1.82) is 0 Å². The maximum atomic E-state index is 12.7. The molecule has 1 saturated heterocycles. The summed E-state index contributed by atoms with van der Waals surface area (Å²) in [6.45, 7) is 0.573. The number of nitrogens with zero attached hydrogens (tertiary/aromatic N) is 1. The van der Waals surface area contributed by atoms with E-state index in [1.165, 1.54) is 11.8 Å². The largest absolute Gasteiger partial charge is 0.497 e. The maximum absolute atomic E-state index is 12.7. The molecule has 0 aromatic heterocycles. The minimum absolute atomic E-state index is 0.00856. The molecule has 1 heterocycles. The number of methoxy groups -OCH3 is 1. The van der Waals surface area contributed by atoms with Crippen LogP contribution >= 0.6 is 46.6 Å².